The summed E-state index contributed by atoms with van der Waals surface area (Å²) in [4.78, 5) is 18.0. The number of halogens is 3. The second kappa shape index (κ2) is 7.06. The number of rotatable bonds is 4. The Morgan fingerprint density at radius 3 is 2.46 bits per heavy atom. The van der Waals surface area contributed by atoms with Crippen LogP contribution in [0.4, 0.5) is 13.2 Å². The molecule has 0 atom stereocenters. The first kappa shape index (κ1) is 18.7. The van der Waals surface area contributed by atoms with Gasteiger partial charge in [0.25, 0.3) is 5.91 Å². The Kier molecular flexibility index (Phi) is 5.49. The summed E-state index contributed by atoms with van der Waals surface area (Å²) in [5.74, 6) is -0.421. The van der Waals surface area contributed by atoms with E-state index in [2.05, 4.69) is 15.2 Å². The van der Waals surface area contributed by atoms with E-state index >= 15 is 0 Å². The van der Waals surface area contributed by atoms with Gasteiger partial charge < -0.3 is 10.1 Å². The van der Waals surface area contributed by atoms with Gasteiger partial charge in [0.1, 0.15) is 5.69 Å². The molecule has 1 amide bonds. The zero-order valence-electron chi connectivity index (χ0n) is 14.0. The van der Waals surface area contributed by atoms with Crippen LogP contribution in [0.15, 0.2) is 12.1 Å². The van der Waals surface area contributed by atoms with Crippen LogP contribution in [0.3, 0.4) is 0 Å². The van der Waals surface area contributed by atoms with Crippen molar-refractivity contribution in [3.63, 3.8) is 0 Å². The molecule has 0 unspecified atom stereocenters. The van der Waals surface area contributed by atoms with Gasteiger partial charge in [-0.3, -0.25) is 9.69 Å². The van der Waals surface area contributed by atoms with Crippen molar-refractivity contribution in [2.75, 3.05) is 32.8 Å². The highest BCUT2D eigenvalue weighted by molar-refractivity contribution is 5.95. The average molecular weight is 345 g/mol. The van der Waals surface area contributed by atoms with Crippen LogP contribution in [-0.4, -0.2) is 54.2 Å². The Bertz CT molecular complexity index is 597. The molecule has 0 bridgehead atoms. The van der Waals surface area contributed by atoms with E-state index in [1.54, 1.807) is 0 Å². The summed E-state index contributed by atoms with van der Waals surface area (Å²) >= 11 is 0. The maximum atomic E-state index is 12.6. The summed E-state index contributed by atoms with van der Waals surface area (Å²) in [5, 5.41) is 2.79. The van der Waals surface area contributed by atoms with Crippen LogP contribution in [0.2, 0.25) is 0 Å². The van der Waals surface area contributed by atoms with E-state index in [-0.39, 0.29) is 16.8 Å². The van der Waals surface area contributed by atoms with Gasteiger partial charge in [-0.15, -0.1) is 0 Å². The number of morpholine rings is 1. The number of pyridine rings is 1. The Hall–Kier alpha value is -1.67. The molecule has 2 rings (SSSR count). The van der Waals surface area contributed by atoms with Crippen LogP contribution in [0.1, 0.15) is 35.6 Å². The quantitative estimate of drug-likeness (QED) is 0.909. The van der Waals surface area contributed by atoms with Crippen LogP contribution in [0, 0.1) is 6.92 Å². The lowest BCUT2D eigenvalue weighted by Crippen LogP contribution is -2.55. The maximum Gasteiger partial charge on any atom is 0.433 e. The molecule has 8 heteroatoms. The number of hydrogen-bond acceptors (Lipinski definition) is 4. The minimum atomic E-state index is -4.52. The fraction of sp³-hybridized carbons (Fsp3) is 0.625. The summed E-state index contributed by atoms with van der Waals surface area (Å²) in [7, 11) is 0. The zero-order chi connectivity index (χ0) is 18.0. The Balaban J connectivity index is 2.02. The SMILES string of the molecule is Cc1nc(C(F)(F)F)ccc1C(=O)NCC(C)(C)N1CCOCC1. The molecule has 0 aliphatic carbocycles. The highest BCUT2D eigenvalue weighted by Gasteiger charge is 2.33. The predicted octanol–water partition coefficient (Wildman–Crippen LogP) is 2.25. The van der Waals surface area contributed by atoms with Crippen LogP contribution in [0.25, 0.3) is 0 Å². The minimum absolute atomic E-state index is 0.0616. The van der Waals surface area contributed by atoms with Gasteiger partial charge in [-0.2, -0.15) is 13.2 Å². The second-order valence-corrected chi connectivity index (χ2v) is 6.42. The van der Waals surface area contributed by atoms with Gasteiger partial charge >= 0.3 is 6.18 Å². The van der Waals surface area contributed by atoms with E-state index in [1.807, 2.05) is 13.8 Å². The third kappa shape index (κ3) is 4.45. The molecule has 0 radical (unpaired) electrons. The minimum Gasteiger partial charge on any atom is -0.379 e. The number of ether oxygens (including phenoxy) is 1. The standard InChI is InChI=1S/C16H22F3N3O2/c1-11-12(4-5-13(21-11)16(17,18)19)14(23)20-10-15(2,3)22-6-8-24-9-7-22/h4-5H,6-10H2,1-3H3,(H,20,23). The van der Waals surface area contributed by atoms with Gasteiger partial charge in [0.05, 0.1) is 24.5 Å². The number of amides is 1. The van der Waals surface area contributed by atoms with Crippen molar-refractivity contribution in [2.45, 2.75) is 32.5 Å². The van der Waals surface area contributed by atoms with Gasteiger partial charge in [-0.1, -0.05) is 0 Å². The molecule has 1 fully saturated rings. The molecule has 1 N–H and O–H groups in total. The molecule has 1 saturated heterocycles. The van der Waals surface area contributed by atoms with Crippen LogP contribution >= 0.6 is 0 Å². The molecule has 0 aromatic carbocycles. The average Bonchev–Trinajstić information content (AvgIpc) is 2.52. The lowest BCUT2D eigenvalue weighted by Gasteiger charge is -2.40. The molecule has 1 aliphatic heterocycles. The first-order valence-corrected chi connectivity index (χ1v) is 7.77. The van der Waals surface area contributed by atoms with E-state index in [9.17, 15) is 18.0 Å². The normalized spacial score (nSPS) is 16.9. The number of hydrogen-bond donors (Lipinski definition) is 1. The molecule has 0 spiro atoms. The van der Waals surface area contributed by atoms with Crippen molar-refractivity contribution >= 4 is 5.91 Å². The molecular formula is C16H22F3N3O2. The monoisotopic (exact) mass is 345 g/mol. The van der Waals surface area contributed by atoms with E-state index in [4.69, 9.17) is 4.74 Å². The zero-order valence-corrected chi connectivity index (χ0v) is 14.0. The lowest BCUT2D eigenvalue weighted by atomic mass is 10.0. The highest BCUT2D eigenvalue weighted by Crippen LogP contribution is 2.28. The second-order valence-electron chi connectivity index (χ2n) is 6.42. The van der Waals surface area contributed by atoms with Crippen LogP contribution < -0.4 is 5.32 Å². The van der Waals surface area contributed by atoms with E-state index in [1.165, 1.54) is 13.0 Å². The van der Waals surface area contributed by atoms with E-state index in [0.717, 1.165) is 19.2 Å². The number of aromatic nitrogens is 1. The van der Waals surface area contributed by atoms with Crippen molar-refractivity contribution in [3.8, 4) is 0 Å². The number of aryl methyl sites for hydroxylation is 1. The fourth-order valence-corrected chi connectivity index (χ4v) is 2.63. The molecule has 2 heterocycles. The predicted molar refractivity (Wildman–Crippen MR) is 82.8 cm³/mol. The fourth-order valence-electron chi connectivity index (χ4n) is 2.63. The van der Waals surface area contributed by atoms with E-state index < -0.39 is 17.8 Å². The van der Waals surface area contributed by atoms with Crippen molar-refractivity contribution < 1.29 is 22.7 Å². The topological polar surface area (TPSA) is 54.5 Å². The number of nitrogens with one attached hydrogen (secondary N) is 1. The molecule has 1 aromatic heterocycles. The van der Waals surface area contributed by atoms with Gasteiger partial charge in [-0.05, 0) is 32.9 Å². The summed E-state index contributed by atoms with van der Waals surface area (Å²) in [6, 6.07) is 2.00. The third-order valence-electron chi connectivity index (χ3n) is 4.17. The van der Waals surface area contributed by atoms with E-state index in [0.29, 0.717) is 19.8 Å². The summed E-state index contributed by atoms with van der Waals surface area (Å²) < 4.78 is 43.2. The molecule has 24 heavy (non-hydrogen) atoms. The molecule has 5 nitrogen and oxygen atoms in total. The summed E-state index contributed by atoms with van der Waals surface area (Å²) in [6.45, 7) is 8.67. The molecule has 1 aromatic rings. The van der Waals surface area contributed by atoms with Gasteiger partial charge in [-0.25, -0.2) is 4.98 Å². The molecule has 1 aliphatic rings. The first-order valence-electron chi connectivity index (χ1n) is 7.77. The molecular weight excluding hydrogens is 323 g/mol. The van der Waals surface area contributed by atoms with Crippen molar-refractivity contribution in [2.24, 2.45) is 0 Å². The number of nitrogens with zero attached hydrogens (tertiary/aromatic N) is 2. The van der Waals surface area contributed by atoms with Gasteiger partial charge in [0, 0.05) is 25.2 Å². The van der Waals surface area contributed by atoms with Crippen LogP contribution in [0.5, 0.6) is 0 Å². The van der Waals surface area contributed by atoms with Gasteiger partial charge in [0.2, 0.25) is 0 Å². The largest absolute Gasteiger partial charge is 0.433 e. The first-order chi connectivity index (χ1) is 11.1. The lowest BCUT2D eigenvalue weighted by molar-refractivity contribution is -0.141. The number of alkyl halides is 3. The summed E-state index contributed by atoms with van der Waals surface area (Å²) in [6.07, 6.45) is -4.52. The highest BCUT2D eigenvalue weighted by atomic mass is 19.4. The third-order valence-corrected chi connectivity index (χ3v) is 4.17. The van der Waals surface area contributed by atoms with Gasteiger partial charge in [0.15, 0.2) is 0 Å². The Morgan fingerprint density at radius 2 is 1.92 bits per heavy atom. The summed E-state index contributed by atoms with van der Waals surface area (Å²) in [5.41, 5.74) is -1.05. The number of carbonyl (C=O) groups is 1. The van der Waals surface area contributed by atoms with Crippen molar-refractivity contribution in [1.82, 2.24) is 15.2 Å². The van der Waals surface area contributed by atoms with Crippen LogP contribution in [-0.2, 0) is 10.9 Å². The van der Waals surface area contributed by atoms with Crippen molar-refractivity contribution in [1.29, 1.82) is 0 Å². The van der Waals surface area contributed by atoms with Crippen molar-refractivity contribution in [3.05, 3.63) is 29.1 Å². The maximum absolute atomic E-state index is 12.6. The number of carbonyl (C=O) groups excluding carboxylic acids is 1. The Labute approximate surface area is 139 Å². The smallest absolute Gasteiger partial charge is 0.379 e. The Morgan fingerprint density at radius 1 is 1.29 bits per heavy atom. The molecule has 134 valence electrons. The molecule has 0 saturated carbocycles.